The molecule has 0 atom stereocenters. The Kier molecular flexibility index (Phi) is 7.31. The predicted molar refractivity (Wildman–Crippen MR) is 128 cm³/mol. The molecule has 0 bridgehead atoms. The van der Waals surface area contributed by atoms with E-state index < -0.39 is 0 Å². The Hall–Kier alpha value is -3.44. The van der Waals surface area contributed by atoms with Crippen LogP contribution in [0.3, 0.4) is 0 Å². The number of amides is 1. The highest BCUT2D eigenvalue weighted by molar-refractivity contribution is 7.99. The van der Waals surface area contributed by atoms with Gasteiger partial charge in [-0.25, -0.2) is 0 Å². The van der Waals surface area contributed by atoms with Crippen LogP contribution in [-0.2, 0) is 13.0 Å². The summed E-state index contributed by atoms with van der Waals surface area (Å²) in [5.41, 5.74) is 2.04. The van der Waals surface area contributed by atoms with Gasteiger partial charge in [-0.3, -0.25) is 4.79 Å². The summed E-state index contributed by atoms with van der Waals surface area (Å²) in [6.07, 6.45) is 2.18. The van der Waals surface area contributed by atoms with Crippen molar-refractivity contribution in [1.82, 2.24) is 0 Å². The van der Waals surface area contributed by atoms with Gasteiger partial charge >= 0.3 is 0 Å². The van der Waals surface area contributed by atoms with Gasteiger partial charge in [-0.2, -0.15) is 0 Å². The van der Waals surface area contributed by atoms with Crippen molar-refractivity contribution in [2.24, 2.45) is 0 Å². The average molecular weight is 444 g/mol. The van der Waals surface area contributed by atoms with Crippen LogP contribution >= 0.6 is 11.8 Å². The van der Waals surface area contributed by atoms with Crippen LogP contribution in [0.2, 0.25) is 0 Å². The van der Waals surface area contributed by atoms with Gasteiger partial charge in [0.25, 0.3) is 5.91 Å². The fourth-order valence-corrected chi connectivity index (χ4v) is 4.15. The molecule has 5 heteroatoms. The Balaban J connectivity index is 1.37. The van der Waals surface area contributed by atoms with Gasteiger partial charge in [0.05, 0.1) is 5.69 Å². The number of hydrogen-bond acceptors (Lipinski definition) is 4. The SMILES string of the molecule is CCCc1ccc(OCc2ccc(C(=O)Nc3ccccc3Sc3ccccc3)o2)cc1. The molecule has 0 saturated heterocycles. The van der Waals surface area contributed by atoms with Gasteiger partial charge < -0.3 is 14.5 Å². The predicted octanol–water partition coefficient (Wildman–Crippen LogP) is 7.21. The van der Waals surface area contributed by atoms with Crippen LogP contribution < -0.4 is 10.1 Å². The summed E-state index contributed by atoms with van der Waals surface area (Å²) >= 11 is 1.60. The maximum absolute atomic E-state index is 12.8. The summed E-state index contributed by atoms with van der Waals surface area (Å²) in [5.74, 6) is 1.33. The van der Waals surface area contributed by atoms with Crippen molar-refractivity contribution in [3.8, 4) is 5.75 Å². The summed E-state index contributed by atoms with van der Waals surface area (Å²) in [7, 11) is 0. The topological polar surface area (TPSA) is 51.5 Å². The Bertz CT molecular complexity index is 1150. The van der Waals surface area contributed by atoms with Crippen LogP contribution in [0.15, 0.2) is 105 Å². The molecular weight excluding hydrogens is 418 g/mol. The van der Waals surface area contributed by atoms with Gasteiger partial charge in [0.15, 0.2) is 5.76 Å². The number of para-hydroxylation sites is 1. The smallest absolute Gasteiger partial charge is 0.291 e. The summed E-state index contributed by atoms with van der Waals surface area (Å²) < 4.78 is 11.5. The Morgan fingerprint density at radius 2 is 1.66 bits per heavy atom. The molecule has 32 heavy (non-hydrogen) atoms. The summed E-state index contributed by atoms with van der Waals surface area (Å²) in [6.45, 7) is 2.43. The number of carbonyl (C=O) groups excluding carboxylic acids is 1. The van der Waals surface area contributed by atoms with E-state index >= 15 is 0 Å². The summed E-state index contributed by atoms with van der Waals surface area (Å²) in [5, 5.41) is 2.96. The van der Waals surface area contributed by atoms with E-state index in [4.69, 9.17) is 9.15 Å². The fourth-order valence-electron chi connectivity index (χ4n) is 3.23. The van der Waals surface area contributed by atoms with Crippen molar-refractivity contribution >= 4 is 23.4 Å². The van der Waals surface area contributed by atoms with Crippen molar-refractivity contribution in [3.63, 3.8) is 0 Å². The van der Waals surface area contributed by atoms with Crippen LogP contribution in [0.25, 0.3) is 0 Å². The van der Waals surface area contributed by atoms with E-state index in [-0.39, 0.29) is 18.3 Å². The second-order valence-electron chi connectivity index (χ2n) is 7.31. The Morgan fingerprint density at radius 1 is 0.906 bits per heavy atom. The standard InChI is InChI=1S/C27H25NO3S/c1-2-8-20-13-15-21(16-14-20)30-19-22-17-18-25(31-22)27(29)28-24-11-6-7-12-26(24)32-23-9-4-3-5-10-23/h3-7,9-18H,2,8,19H2,1H3,(H,28,29). The minimum atomic E-state index is -0.290. The van der Waals surface area contributed by atoms with Crippen molar-refractivity contribution in [2.75, 3.05) is 5.32 Å². The molecule has 0 unspecified atom stereocenters. The quantitative estimate of drug-likeness (QED) is 0.297. The number of furan rings is 1. The molecule has 1 N–H and O–H groups in total. The third-order valence-electron chi connectivity index (χ3n) is 4.83. The first-order valence-electron chi connectivity index (χ1n) is 10.6. The highest BCUT2D eigenvalue weighted by Crippen LogP contribution is 2.33. The van der Waals surface area contributed by atoms with Gasteiger partial charge in [0.1, 0.15) is 18.1 Å². The normalized spacial score (nSPS) is 10.7. The van der Waals surface area contributed by atoms with E-state index in [0.717, 1.165) is 34.1 Å². The zero-order valence-corrected chi connectivity index (χ0v) is 18.7. The number of aryl methyl sites for hydroxylation is 1. The van der Waals surface area contributed by atoms with Crippen molar-refractivity contribution in [3.05, 3.63) is 108 Å². The van der Waals surface area contributed by atoms with Gasteiger partial charge in [-0.05, 0) is 60.5 Å². The number of hydrogen-bond donors (Lipinski definition) is 1. The minimum Gasteiger partial charge on any atom is -0.486 e. The first-order valence-corrected chi connectivity index (χ1v) is 11.5. The van der Waals surface area contributed by atoms with Crippen molar-refractivity contribution in [2.45, 2.75) is 36.2 Å². The first-order chi connectivity index (χ1) is 15.7. The number of carbonyl (C=O) groups is 1. The molecule has 4 aromatic rings. The molecule has 3 aromatic carbocycles. The molecule has 162 valence electrons. The van der Waals surface area contributed by atoms with E-state index in [1.54, 1.807) is 23.9 Å². The summed E-state index contributed by atoms with van der Waals surface area (Å²) in [4.78, 5) is 14.8. The molecule has 4 rings (SSSR count). The highest BCUT2D eigenvalue weighted by atomic mass is 32.2. The number of rotatable bonds is 9. The van der Waals surface area contributed by atoms with E-state index in [0.29, 0.717) is 5.76 Å². The van der Waals surface area contributed by atoms with E-state index in [1.807, 2.05) is 66.7 Å². The molecule has 1 heterocycles. The van der Waals surface area contributed by atoms with Gasteiger partial charge in [0.2, 0.25) is 0 Å². The van der Waals surface area contributed by atoms with E-state index in [2.05, 4.69) is 24.4 Å². The number of nitrogens with one attached hydrogen (secondary N) is 1. The zero-order chi connectivity index (χ0) is 22.2. The van der Waals surface area contributed by atoms with Crippen LogP contribution in [0.1, 0.15) is 35.2 Å². The zero-order valence-electron chi connectivity index (χ0n) is 17.9. The lowest BCUT2D eigenvalue weighted by molar-refractivity contribution is 0.0992. The molecule has 0 saturated carbocycles. The van der Waals surface area contributed by atoms with Crippen LogP contribution in [-0.4, -0.2) is 5.91 Å². The van der Waals surface area contributed by atoms with E-state index in [1.165, 1.54) is 5.56 Å². The monoisotopic (exact) mass is 443 g/mol. The van der Waals surface area contributed by atoms with Crippen LogP contribution in [0.4, 0.5) is 5.69 Å². The lowest BCUT2D eigenvalue weighted by Crippen LogP contribution is -2.11. The maximum Gasteiger partial charge on any atom is 0.291 e. The second-order valence-corrected chi connectivity index (χ2v) is 8.43. The first kappa shape index (κ1) is 21.8. The molecule has 0 radical (unpaired) electrons. The average Bonchev–Trinajstić information content (AvgIpc) is 3.30. The largest absolute Gasteiger partial charge is 0.486 e. The molecule has 0 aliphatic heterocycles. The Labute approximate surface area is 192 Å². The maximum atomic E-state index is 12.8. The number of benzene rings is 3. The minimum absolute atomic E-state index is 0.251. The molecule has 0 aliphatic carbocycles. The fraction of sp³-hybridized carbons (Fsp3) is 0.148. The number of anilines is 1. The highest BCUT2D eigenvalue weighted by Gasteiger charge is 2.14. The molecule has 4 nitrogen and oxygen atoms in total. The molecule has 0 fully saturated rings. The lowest BCUT2D eigenvalue weighted by atomic mass is 10.1. The van der Waals surface area contributed by atoms with Crippen molar-refractivity contribution in [1.29, 1.82) is 0 Å². The van der Waals surface area contributed by atoms with Gasteiger partial charge in [-0.1, -0.05) is 67.6 Å². The molecule has 0 aliphatic rings. The molecule has 0 spiro atoms. The third kappa shape index (κ3) is 5.83. The van der Waals surface area contributed by atoms with E-state index in [9.17, 15) is 4.79 Å². The molecule has 1 amide bonds. The molecule has 1 aromatic heterocycles. The number of ether oxygens (including phenoxy) is 1. The third-order valence-corrected chi connectivity index (χ3v) is 5.92. The molecular formula is C27H25NO3S. The summed E-state index contributed by atoms with van der Waals surface area (Å²) in [6, 6.07) is 29.3. The lowest BCUT2D eigenvalue weighted by Gasteiger charge is -2.10. The van der Waals surface area contributed by atoms with Crippen LogP contribution in [0.5, 0.6) is 5.75 Å². The Morgan fingerprint density at radius 3 is 2.44 bits per heavy atom. The van der Waals surface area contributed by atoms with Crippen LogP contribution in [0, 0.1) is 0 Å². The van der Waals surface area contributed by atoms with Gasteiger partial charge in [-0.15, -0.1) is 0 Å². The second kappa shape index (κ2) is 10.7. The van der Waals surface area contributed by atoms with Crippen molar-refractivity contribution < 1.29 is 13.9 Å². The van der Waals surface area contributed by atoms with Gasteiger partial charge in [0, 0.05) is 9.79 Å².